The molecule has 4 bridgehead atoms. The summed E-state index contributed by atoms with van der Waals surface area (Å²) in [7, 11) is 0. The number of rotatable bonds is 4. The third kappa shape index (κ3) is 2.88. The Labute approximate surface area is 159 Å². The van der Waals surface area contributed by atoms with Crippen molar-refractivity contribution < 1.29 is 4.79 Å². The molecule has 4 aliphatic carbocycles. The standard InChI is InChI=1S/C22H27N3O2/c1-14(22-9-15-6-16(10-22)8-17(7-15)11-22)24-20(26)13-25-21(27)19-5-3-2-4-18(19)12-23-25/h2-5,12,14-17H,6-11,13H2,1H3,(H,24,26)/t14-,15?,16?,17?,22?/m0/s1. The lowest BCUT2D eigenvalue weighted by Gasteiger charge is -2.59. The first-order chi connectivity index (χ1) is 13.0. The molecule has 0 radical (unpaired) electrons. The van der Waals surface area contributed by atoms with Crippen LogP contribution in [0.5, 0.6) is 0 Å². The topological polar surface area (TPSA) is 64.0 Å². The summed E-state index contributed by atoms with van der Waals surface area (Å²) >= 11 is 0. The number of carbonyl (C=O) groups is 1. The zero-order valence-corrected chi connectivity index (χ0v) is 15.9. The fourth-order valence-corrected chi connectivity index (χ4v) is 6.52. The molecule has 0 aliphatic heterocycles. The third-order valence-electron chi connectivity index (χ3n) is 7.44. The highest BCUT2D eigenvalue weighted by Gasteiger charge is 2.53. The van der Waals surface area contributed by atoms with Crippen molar-refractivity contribution in [2.75, 3.05) is 0 Å². The van der Waals surface area contributed by atoms with E-state index in [0.29, 0.717) is 5.39 Å². The summed E-state index contributed by atoms with van der Waals surface area (Å²) in [6, 6.07) is 7.53. The molecule has 1 aromatic carbocycles. The minimum atomic E-state index is -0.203. The predicted octanol–water partition coefficient (Wildman–Crippen LogP) is 3.12. The number of benzene rings is 1. The van der Waals surface area contributed by atoms with E-state index in [0.717, 1.165) is 23.1 Å². The van der Waals surface area contributed by atoms with Crippen molar-refractivity contribution in [3.8, 4) is 0 Å². The van der Waals surface area contributed by atoms with Crippen LogP contribution in [0.4, 0.5) is 0 Å². The van der Waals surface area contributed by atoms with E-state index in [1.807, 2.05) is 18.2 Å². The Kier molecular flexibility index (Phi) is 3.88. The van der Waals surface area contributed by atoms with E-state index in [9.17, 15) is 9.59 Å². The van der Waals surface area contributed by atoms with Crippen LogP contribution < -0.4 is 10.9 Å². The van der Waals surface area contributed by atoms with Gasteiger partial charge in [0.2, 0.25) is 5.91 Å². The third-order valence-corrected chi connectivity index (χ3v) is 7.44. The van der Waals surface area contributed by atoms with Crippen molar-refractivity contribution in [3.63, 3.8) is 0 Å². The fraction of sp³-hybridized carbons (Fsp3) is 0.591. The summed E-state index contributed by atoms with van der Waals surface area (Å²) < 4.78 is 1.28. The highest BCUT2D eigenvalue weighted by molar-refractivity contribution is 5.81. The van der Waals surface area contributed by atoms with Gasteiger partial charge in [-0.3, -0.25) is 9.59 Å². The quantitative estimate of drug-likeness (QED) is 0.905. The Morgan fingerprint density at radius 1 is 1.19 bits per heavy atom. The monoisotopic (exact) mass is 365 g/mol. The first-order valence-electron chi connectivity index (χ1n) is 10.3. The largest absolute Gasteiger partial charge is 0.351 e. The Morgan fingerprint density at radius 2 is 1.81 bits per heavy atom. The van der Waals surface area contributed by atoms with E-state index in [1.54, 1.807) is 12.3 Å². The van der Waals surface area contributed by atoms with E-state index in [2.05, 4.69) is 17.3 Å². The molecule has 4 fully saturated rings. The lowest BCUT2D eigenvalue weighted by atomic mass is 9.48. The van der Waals surface area contributed by atoms with Gasteiger partial charge in [0.25, 0.3) is 5.56 Å². The maximum atomic E-state index is 12.7. The second kappa shape index (κ2) is 6.18. The molecule has 1 atom stereocenters. The lowest BCUT2D eigenvalue weighted by molar-refractivity contribution is -0.126. The molecule has 0 spiro atoms. The fourth-order valence-electron chi connectivity index (χ4n) is 6.52. The molecule has 4 saturated carbocycles. The average molecular weight is 365 g/mol. The number of hydrogen-bond donors (Lipinski definition) is 1. The van der Waals surface area contributed by atoms with E-state index in [1.165, 1.54) is 43.2 Å². The molecule has 27 heavy (non-hydrogen) atoms. The Balaban J connectivity index is 1.31. The van der Waals surface area contributed by atoms with Crippen LogP contribution in [0, 0.1) is 23.2 Å². The van der Waals surface area contributed by atoms with Gasteiger partial charge < -0.3 is 5.32 Å². The molecular formula is C22H27N3O2. The molecular weight excluding hydrogens is 338 g/mol. The van der Waals surface area contributed by atoms with Crippen molar-refractivity contribution in [3.05, 3.63) is 40.8 Å². The van der Waals surface area contributed by atoms with Crippen molar-refractivity contribution in [1.29, 1.82) is 0 Å². The van der Waals surface area contributed by atoms with Crippen LogP contribution in [0.15, 0.2) is 35.3 Å². The summed E-state index contributed by atoms with van der Waals surface area (Å²) in [6.45, 7) is 2.15. The van der Waals surface area contributed by atoms with Gasteiger partial charge in [0.05, 0.1) is 11.6 Å². The van der Waals surface area contributed by atoms with Gasteiger partial charge in [-0.1, -0.05) is 18.2 Å². The van der Waals surface area contributed by atoms with Crippen molar-refractivity contribution in [1.82, 2.24) is 15.1 Å². The average Bonchev–Trinajstić information content (AvgIpc) is 2.63. The zero-order chi connectivity index (χ0) is 18.6. The molecule has 1 aromatic heterocycles. The summed E-state index contributed by atoms with van der Waals surface area (Å²) in [6.07, 6.45) is 9.63. The Bertz CT molecular complexity index is 913. The highest BCUT2D eigenvalue weighted by Crippen LogP contribution is 2.61. The molecule has 1 N–H and O–H groups in total. The van der Waals surface area contributed by atoms with E-state index < -0.39 is 0 Å². The summed E-state index contributed by atoms with van der Waals surface area (Å²) in [4.78, 5) is 25.3. The smallest absolute Gasteiger partial charge is 0.275 e. The van der Waals surface area contributed by atoms with E-state index >= 15 is 0 Å². The van der Waals surface area contributed by atoms with Gasteiger partial charge in [-0.15, -0.1) is 0 Å². The summed E-state index contributed by atoms with van der Waals surface area (Å²) in [5, 5.41) is 8.82. The number of nitrogens with one attached hydrogen (secondary N) is 1. The van der Waals surface area contributed by atoms with Gasteiger partial charge >= 0.3 is 0 Å². The van der Waals surface area contributed by atoms with Gasteiger partial charge in [-0.2, -0.15) is 5.10 Å². The number of amides is 1. The predicted molar refractivity (Wildman–Crippen MR) is 104 cm³/mol. The highest BCUT2D eigenvalue weighted by atomic mass is 16.2. The van der Waals surface area contributed by atoms with Crippen LogP contribution in [-0.2, 0) is 11.3 Å². The molecule has 0 saturated heterocycles. The number of carbonyl (C=O) groups excluding carboxylic acids is 1. The molecule has 6 rings (SSSR count). The second-order valence-electron chi connectivity index (χ2n) is 9.26. The molecule has 5 heteroatoms. The van der Waals surface area contributed by atoms with Gasteiger partial charge in [-0.25, -0.2) is 4.68 Å². The van der Waals surface area contributed by atoms with Crippen LogP contribution in [0.3, 0.4) is 0 Å². The zero-order valence-electron chi connectivity index (χ0n) is 15.9. The van der Waals surface area contributed by atoms with Crippen LogP contribution in [-0.4, -0.2) is 21.7 Å². The van der Waals surface area contributed by atoms with Crippen molar-refractivity contribution >= 4 is 16.7 Å². The molecule has 1 heterocycles. The van der Waals surface area contributed by atoms with Crippen LogP contribution in [0.25, 0.3) is 10.8 Å². The Morgan fingerprint density at radius 3 is 2.48 bits per heavy atom. The van der Waals surface area contributed by atoms with Crippen molar-refractivity contribution in [2.45, 2.75) is 58.0 Å². The number of hydrogen-bond acceptors (Lipinski definition) is 3. The minimum absolute atomic E-state index is 0.0135. The molecule has 1 amide bonds. The van der Waals surface area contributed by atoms with Gasteiger partial charge in [0.15, 0.2) is 0 Å². The maximum Gasteiger partial charge on any atom is 0.275 e. The molecule has 142 valence electrons. The molecule has 0 unspecified atom stereocenters. The molecule has 4 aliphatic rings. The van der Waals surface area contributed by atoms with Crippen molar-refractivity contribution in [2.24, 2.45) is 23.2 Å². The second-order valence-corrected chi connectivity index (χ2v) is 9.26. The number of aromatic nitrogens is 2. The van der Waals surface area contributed by atoms with Gasteiger partial charge in [0.1, 0.15) is 6.54 Å². The van der Waals surface area contributed by atoms with E-state index in [-0.39, 0.29) is 29.5 Å². The summed E-state index contributed by atoms with van der Waals surface area (Å²) in [5.74, 6) is 2.48. The normalized spacial score (nSPS) is 32.6. The van der Waals surface area contributed by atoms with Gasteiger partial charge in [-0.05, 0) is 74.7 Å². The van der Waals surface area contributed by atoms with Crippen LogP contribution in [0.1, 0.15) is 45.4 Å². The number of nitrogens with zero attached hydrogens (tertiary/aromatic N) is 2. The first kappa shape index (κ1) is 17.0. The number of fused-ring (bicyclic) bond motifs is 1. The Hall–Kier alpha value is -2.17. The molecule has 2 aromatic rings. The minimum Gasteiger partial charge on any atom is -0.351 e. The van der Waals surface area contributed by atoms with Crippen LogP contribution in [0.2, 0.25) is 0 Å². The maximum absolute atomic E-state index is 12.7. The first-order valence-corrected chi connectivity index (χ1v) is 10.3. The lowest BCUT2D eigenvalue weighted by Crippen LogP contribution is -2.56. The van der Waals surface area contributed by atoms with Crippen LogP contribution >= 0.6 is 0 Å². The SMILES string of the molecule is C[C@H](NC(=O)Cn1ncc2ccccc2c1=O)C12CC3CC(CC(C3)C1)C2. The molecule has 5 nitrogen and oxygen atoms in total. The van der Waals surface area contributed by atoms with E-state index in [4.69, 9.17) is 0 Å². The van der Waals surface area contributed by atoms with Gasteiger partial charge in [0, 0.05) is 11.4 Å². The summed E-state index contributed by atoms with van der Waals surface area (Å²) in [5.41, 5.74) is 0.0670.